The van der Waals surface area contributed by atoms with Crippen LogP contribution in [0.2, 0.25) is 0 Å². The lowest BCUT2D eigenvalue weighted by atomic mass is 10.2. The van der Waals surface area contributed by atoms with E-state index in [4.69, 9.17) is 0 Å². The summed E-state index contributed by atoms with van der Waals surface area (Å²) in [6.07, 6.45) is 1.13. The molecule has 0 fully saturated rings. The summed E-state index contributed by atoms with van der Waals surface area (Å²) in [5.74, 6) is -0.283. The molecule has 168 valence electrons. The van der Waals surface area contributed by atoms with Crippen molar-refractivity contribution >= 4 is 44.1 Å². The van der Waals surface area contributed by atoms with Crippen LogP contribution in [0.25, 0.3) is 16.6 Å². The molecule has 0 aliphatic heterocycles. The van der Waals surface area contributed by atoms with Gasteiger partial charge in [0.2, 0.25) is 5.91 Å². The Morgan fingerprint density at radius 3 is 2.33 bits per heavy atom. The molecule has 0 saturated heterocycles. The molecule has 0 unspecified atom stereocenters. The molecule has 1 N–H and O–H groups in total. The van der Waals surface area contributed by atoms with Crippen molar-refractivity contribution in [1.29, 1.82) is 0 Å². The zero-order valence-corrected chi connectivity index (χ0v) is 19.6. The molecular formula is C24H21N3O4S2. The molecular weight excluding hydrogens is 458 g/mol. The number of fused-ring (bicyclic) bond motifs is 1. The molecule has 4 rings (SSSR count). The Labute approximate surface area is 195 Å². The maximum atomic E-state index is 13.2. The van der Waals surface area contributed by atoms with E-state index in [0.29, 0.717) is 27.4 Å². The van der Waals surface area contributed by atoms with Crippen molar-refractivity contribution in [3.05, 3.63) is 88.7 Å². The minimum Gasteiger partial charge on any atom is -0.325 e. The molecule has 1 amide bonds. The number of benzene rings is 3. The second-order valence-electron chi connectivity index (χ2n) is 7.52. The summed E-state index contributed by atoms with van der Waals surface area (Å²) in [6, 6.07) is 20.6. The monoisotopic (exact) mass is 479 g/mol. The van der Waals surface area contributed by atoms with Crippen LogP contribution in [0.4, 0.5) is 5.69 Å². The fraction of sp³-hybridized carbons (Fsp3) is 0.125. The number of aromatic nitrogens is 2. The molecule has 0 aliphatic rings. The predicted octanol–water partition coefficient (Wildman–Crippen LogP) is 3.83. The van der Waals surface area contributed by atoms with Crippen LogP contribution in [0.1, 0.15) is 5.56 Å². The van der Waals surface area contributed by atoms with E-state index in [1.807, 2.05) is 37.3 Å². The Balaban J connectivity index is 1.60. The third-order valence-corrected chi connectivity index (χ3v) is 7.00. The number of carbonyl (C=O) groups is 1. The van der Waals surface area contributed by atoms with Crippen LogP contribution in [-0.2, 0) is 14.6 Å². The first-order chi connectivity index (χ1) is 15.7. The first-order valence-electron chi connectivity index (χ1n) is 10.0. The van der Waals surface area contributed by atoms with Gasteiger partial charge in [0, 0.05) is 11.9 Å². The Morgan fingerprint density at radius 2 is 1.67 bits per heavy atom. The summed E-state index contributed by atoms with van der Waals surface area (Å²) in [6.45, 7) is 1.97. The first kappa shape index (κ1) is 22.8. The molecule has 0 spiro atoms. The van der Waals surface area contributed by atoms with Crippen molar-refractivity contribution in [3.63, 3.8) is 0 Å². The summed E-state index contributed by atoms with van der Waals surface area (Å²) in [5, 5.41) is 3.65. The van der Waals surface area contributed by atoms with E-state index in [9.17, 15) is 18.0 Å². The van der Waals surface area contributed by atoms with Crippen LogP contribution in [0, 0.1) is 6.92 Å². The van der Waals surface area contributed by atoms with Crippen LogP contribution >= 0.6 is 11.8 Å². The number of aryl methyl sites for hydroxylation is 1. The number of hydrogen-bond donors (Lipinski definition) is 1. The van der Waals surface area contributed by atoms with Gasteiger partial charge in [-0.05, 0) is 55.5 Å². The molecule has 0 saturated carbocycles. The number of thioether (sulfide) groups is 1. The molecule has 0 radical (unpaired) electrons. The third-order valence-electron chi connectivity index (χ3n) is 4.94. The van der Waals surface area contributed by atoms with E-state index in [2.05, 4.69) is 10.3 Å². The second kappa shape index (κ2) is 9.21. The Bertz CT molecular complexity index is 1490. The number of nitrogens with zero attached hydrogens (tertiary/aromatic N) is 2. The standard InChI is InChI=1S/C24H21N3O4S2/c1-16-7-11-18(12-8-16)27-23(29)20-5-3-4-6-21(20)26-24(27)32-15-22(28)25-17-9-13-19(14-10-17)33(2,30)31/h3-14H,15H2,1-2H3,(H,25,28). The molecule has 33 heavy (non-hydrogen) atoms. The van der Waals surface area contributed by atoms with Gasteiger partial charge < -0.3 is 5.32 Å². The zero-order chi connectivity index (χ0) is 23.6. The lowest BCUT2D eigenvalue weighted by Crippen LogP contribution is -2.23. The molecule has 0 bridgehead atoms. The highest BCUT2D eigenvalue weighted by atomic mass is 32.2. The van der Waals surface area contributed by atoms with Gasteiger partial charge in [-0.3, -0.25) is 14.2 Å². The van der Waals surface area contributed by atoms with Gasteiger partial charge in [0.05, 0.1) is 27.2 Å². The van der Waals surface area contributed by atoms with E-state index in [1.165, 1.54) is 28.8 Å². The molecule has 1 aromatic heterocycles. The summed E-state index contributed by atoms with van der Waals surface area (Å²) >= 11 is 1.15. The fourth-order valence-corrected chi connectivity index (χ4v) is 4.69. The Kier molecular flexibility index (Phi) is 6.35. The molecule has 7 nitrogen and oxygen atoms in total. The van der Waals surface area contributed by atoms with Gasteiger partial charge in [0.15, 0.2) is 15.0 Å². The van der Waals surface area contributed by atoms with Crippen molar-refractivity contribution in [2.75, 3.05) is 17.3 Å². The maximum Gasteiger partial charge on any atom is 0.266 e. The fourth-order valence-electron chi connectivity index (χ4n) is 3.24. The third kappa shape index (κ3) is 5.15. The van der Waals surface area contributed by atoms with Gasteiger partial charge in [0.25, 0.3) is 5.56 Å². The van der Waals surface area contributed by atoms with E-state index in [1.54, 1.807) is 18.2 Å². The topological polar surface area (TPSA) is 98.1 Å². The van der Waals surface area contributed by atoms with Crippen LogP contribution in [-0.4, -0.2) is 35.9 Å². The largest absolute Gasteiger partial charge is 0.325 e. The minimum absolute atomic E-state index is 0.0183. The average molecular weight is 480 g/mol. The summed E-state index contributed by atoms with van der Waals surface area (Å²) in [7, 11) is -3.31. The smallest absolute Gasteiger partial charge is 0.266 e. The van der Waals surface area contributed by atoms with Crippen LogP contribution in [0.5, 0.6) is 0 Å². The number of hydrogen-bond acceptors (Lipinski definition) is 6. The molecule has 1 heterocycles. The molecule has 9 heteroatoms. The second-order valence-corrected chi connectivity index (χ2v) is 10.5. The van der Waals surface area contributed by atoms with Gasteiger partial charge in [-0.15, -0.1) is 0 Å². The van der Waals surface area contributed by atoms with Crippen molar-refractivity contribution in [3.8, 4) is 5.69 Å². The summed E-state index contributed by atoms with van der Waals surface area (Å²) < 4.78 is 24.7. The number of anilines is 1. The van der Waals surface area contributed by atoms with Gasteiger partial charge in [-0.2, -0.15) is 0 Å². The van der Waals surface area contributed by atoms with E-state index in [-0.39, 0.29) is 22.1 Å². The van der Waals surface area contributed by atoms with Crippen molar-refractivity contribution in [1.82, 2.24) is 9.55 Å². The summed E-state index contributed by atoms with van der Waals surface area (Å²) in [4.78, 5) is 30.6. The SMILES string of the molecule is Cc1ccc(-n2c(SCC(=O)Nc3ccc(S(C)(=O)=O)cc3)nc3ccccc3c2=O)cc1. The molecule has 4 aromatic rings. The molecule has 0 atom stereocenters. The number of sulfone groups is 1. The quantitative estimate of drug-likeness (QED) is 0.333. The minimum atomic E-state index is -3.31. The predicted molar refractivity (Wildman–Crippen MR) is 131 cm³/mol. The van der Waals surface area contributed by atoms with Crippen molar-refractivity contribution < 1.29 is 13.2 Å². The number of nitrogens with one attached hydrogen (secondary N) is 1. The zero-order valence-electron chi connectivity index (χ0n) is 18.0. The van der Waals surface area contributed by atoms with Gasteiger partial charge in [-0.1, -0.05) is 41.6 Å². The molecule has 3 aromatic carbocycles. The van der Waals surface area contributed by atoms with Gasteiger partial charge >= 0.3 is 0 Å². The van der Waals surface area contributed by atoms with Crippen LogP contribution in [0.15, 0.2) is 87.6 Å². The highest BCUT2D eigenvalue weighted by Gasteiger charge is 2.15. The lowest BCUT2D eigenvalue weighted by molar-refractivity contribution is -0.113. The average Bonchev–Trinajstić information content (AvgIpc) is 2.78. The van der Waals surface area contributed by atoms with Crippen LogP contribution in [0.3, 0.4) is 0 Å². The normalized spacial score (nSPS) is 11.5. The highest BCUT2D eigenvalue weighted by Crippen LogP contribution is 2.22. The first-order valence-corrected chi connectivity index (χ1v) is 12.9. The number of carbonyl (C=O) groups excluding carboxylic acids is 1. The van der Waals surface area contributed by atoms with Crippen molar-refractivity contribution in [2.45, 2.75) is 17.0 Å². The van der Waals surface area contributed by atoms with E-state index < -0.39 is 9.84 Å². The number of rotatable bonds is 6. The maximum absolute atomic E-state index is 13.2. The highest BCUT2D eigenvalue weighted by molar-refractivity contribution is 7.99. The lowest BCUT2D eigenvalue weighted by Gasteiger charge is -2.13. The van der Waals surface area contributed by atoms with Crippen LogP contribution < -0.4 is 10.9 Å². The van der Waals surface area contributed by atoms with Gasteiger partial charge in [-0.25, -0.2) is 13.4 Å². The van der Waals surface area contributed by atoms with Crippen molar-refractivity contribution in [2.24, 2.45) is 0 Å². The van der Waals surface area contributed by atoms with E-state index in [0.717, 1.165) is 23.6 Å². The number of para-hydroxylation sites is 1. The molecule has 0 aliphatic carbocycles. The Morgan fingerprint density at radius 1 is 1.00 bits per heavy atom. The Hall–Kier alpha value is -3.43. The number of amides is 1. The van der Waals surface area contributed by atoms with E-state index >= 15 is 0 Å². The summed E-state index contributed by atoms with van der Waals surface area (Å²) in [5.41, 5.74) is 2.57. The van der Waals surface area contributed by atoms with Gasteiger partial charge in [0.1, 0.15) is 0 Å².